The maximum Gasteiger partial charge on any atom is 0.103 e. The molecule has 0 aliphatic carbocycles. The second-order valence-electron chi connectivity index (χ2n) is 3.93. The zero-order valence-electron chi connectivity index (χ0n) is 7.39. The van der Waals surface area contributed by atoms with Crippen molar-refractivity contribution in [2.45, 2.75) is 45.8 Å². The summed E-state index contributed by atoms with van der Waals surface area (Å²) in [6.45, 7) is 7.92. The maximum absolute atomic E-state index is 11.3. The zero-order valence-corrected chi connectivity index (χ0v) is 7.39. The van der Waals surface area contributed by atoms with Gasteiger partial charge in [0, 0.05) is 5.92 Å². The lowest BCUT2D eigenvalue weighted by Crippen LogP contribution is -2.41. The Morgan fingerprint density at radius 2 is 1.10 bits per heavy atom. The molecule has 2 heteroatoms. The molecule has 0 saturated heterocycles. The first-order valence-electron chi connectivity index (χ1n) is 3.56. The molecule has 10 heavy (non-hydrogen) atoms. The van der Waals surface area contributed by atoms with Gasteiger partial charge in [-0.1, -0.05) is 6.92 Å². The molecule has 0 heterocycles. The molecular weight excluding hydrogens is 128 g/mol. The van der Waals surface area contributed by atoms with Crippen LogP contribution in [0, 0.1) is 5.92 Å². The van der Waals surface area contributed by atoms with E-state index < -0.39 is 11.2 Å². The first kappa shape index (κ1) is 9.92. The molecule has 0 unspecified atom stereocenters. The Labute approximate surface area is 62.9 Å². The van der Waals surface area contributed by atoms with Gasteiger partial charge >= 0.3 is 0 Å². The number of hydrogen-bond donors (Lipinski definition) is 0. The van der Waals surface area contributed by atoms with Gasteiger partial charge in [-0.15, -0.1) is 0 Å². The first-order valence-corrected chi connectivity index (χ1v) is 3.56. The van der Waals surface area contributed by atoms with Crippen molar-refractivity contribution in [1.82, 2.24) is 0 Å². The molecule has 2 radical (unpaired) electrons. The van der Waals surface area contributed by atoms with E-state index in [2.05, 4.69) is 0 Å². The fourth-order valence-corrected chi connectivity index (χ4v) is 0.837. The minimum Gasteiger partial charge on any atom is -0.230 e. The van der Waals surface area contributed by atoms with Crippen molar-refractivity contribution in [3.8, 4) is 0 Å². The van der Waals surface area contributed by atoms with Crippen LogP contribution < -0.4 is 0 Å². The summed E-state index contributed by atoms with van der Waals surface area (Å²) in [4.78, 5) is 0. The van der Waals surface area contributed by atoms with E-state index >= 15 is 0 Å². The molecule has 0 saturated carbocycles. The molecule has 0 bridgehead atoms. The maximum atomic E-state index is 11.3. The van der Waals surface area contributed by atoms with E-state index in [0.717, 1.165) is 0 Å². The Morgan fingerprint density at radius 3 is 1.10 bits per heavy atom. The van der Waals surface area contributed by atoms with Crippen LogP contribution in [0.25, 0.3) is 0 Å². The molecule has 0 rings (SSSR count). The molecule has 0 N–H and O–H groups in total. The van der Waals surface area contributed by atoms with Crippen LogP contribution >= 0.6 is 0 Å². The summed E-state index contributed by atoms with van der Waals surface area (Å²) in [5, 5.41) is 22.5. The van der Waals surface area contributed by atoms with Crippen LogP contribution in [-0.2, 0) is 10.2 Å². The van der Waals surface area contributed by atoms with E-state index in [1.807, 2.05) is 0 Å². The largest absolute Gasteiger partial charge is 0.230 e. The lowest BCUT2D eigenvalue weighted by atomic mass is 9.80. The summed E-state index contributed by atoms with van der Waals surface area (Å²) in [6.07, 6.45) is 0. The van der Waals surface area contributed by atoms with Crippen LogP contribution in [0.3, 0.4) is 0 Å². The van der Waals surface area contributed by atoms with Gasteiger partial charge in [0.05, 0.1) is 0 Å². The second kappa shape index (κ2) is 2.51. The predicted octanol–water partition coefficient (Wildman–Crippen LogP) is 2.04. The molecule has 0 aliphatic rings. The number of hydrogen-bond acceptors (Lipinski definition) is 0. The van der Waals surface area contributed by atoms with Crippen molar-refractivity contribution >= 4 is 0 Å². The molecule has 0 aromatic carbocycles. The van der Waals surface area contributed by atoms with E-state index in [1.165, 1.54) is 0 Å². The van der Waals surface area contributed by atoms with Gasteiger partial charge in [-0.3, -0.25) is 0 Å². The van der Waals surface area contributed by atoms with Crippen molar-refractivity contribution in [2.75, 3.05) is 0 Å². The average molecular weight is 144 g/mol. The van der Waals surface area contributed by atoms with Crippen LogP contribution in [0.5, 0.6) is 0 Å². The van der Waals surface area contributed by atoms with Crippen LogP contribution in [0.2, 0.25) is 0 Å². The lowest BCUT2D eigenvalue weighted by molar-refractivity contribution is -0.140. The highest BCUT2D eigenvalue weighted by Crippen LogP contribution is 2.27. The SMILES string of the molecule is CC(C(C)(C)[O])C(C)(C)[O]. The summed E-state index contributed by atoms with van der Waals surface area (Å²) in [5.74, 6) is -0.347. The van der Waals surface area contributed by atoms with Gasteiger partial charge in [0.1, 0.15) is 11.2 Å². The summed E-state index contributed by atoms with van der Waals surface area (Å²) in [5.41, 5.74) is -2.24. The summed E-state index contributed by atoms with van der Waals surface area (Å²) < 4.78 is 0. The van der Waals surface area contributed by atoms with Gasteiger partial charge < -0.3 is 0 Å². The van der Waals surface area contributed by atoms with Crippen molar-refractivity contribution in [2.24, 2.45) is 5.92 Å². The topological polar surface area (TPSA) is 39.8 Å². The Kier molecular flexibility index (Phi) is 2.49. The van der Waals surface area contributed by atoms with E-state index in [-0.39, 0.29) is 5.92 Å². The third-order valence-electron chi connectivity index (χ3n) is 2.09. The van der Waals surface area contributed by atoms with Crippen molar-refractivity contribution in [3.63, 3.8) is 0 Å². The van der Waals surface area contributed by atoms with E-state index in [1.54, 1.807) is 34.6 Å². The zero-order chi connectivity index (χ0) is 8.58. The third-order valence-corrected chi connectivity index (χ3v) is 2.09. The lowest BCUT2D eigenvalue weighted by Gasteiger charge is -2.31. The third kappa shape index (κ3) is 2.67. The Morgan fingerprint density at radius 1 is 0.900 bits per heavy atom. The molecule has 2 nitrogen and oxygen atoms in total. The highest BCUT2D eigenvalue weighted by atomic mass is 16.3. The molecular formula is C8H16O2. The standard InChI is InChI=1S/C8H16O2/c1-6(7(2,3)9)8(4,5)10/h6H,1-5H3. The van der Waals surface area contributed by atoms with Crippen LogP contribution in [-0.4, -0.2) is 11.2 Å². The second-order valence-corrected chi connectivity index (χ2v) is 3.93. The fraction of sp³-hybridized carbons (Fsp3) is 1.00. The Hall–Kier alpha value is -0.0800. The van der Waals surface area contributed by atoms with Gasteiger partial charge in [-0.25, -0.2) is 10.2 Å². The van der Waals surface area contributed by atoms with Crippen LogP contribution in [0.15, 0.2) is 0 Å². The first-order chi connectivity index (χ1) is 4.15. The van der Waals surface area contributed by atoms with Crippen molar-refractivity contribution in [1.29, 1.82) is 0 Å². The normalized spacial score (nSPS) is 14.4. The molecule has 60 valence electrons. The Balaban J connectivity index is 4.23. The molecule has 0 amide bonds. The summed E-state index contributed by atoms with van der Waals surface area (Å²) >= 11 is 0. The highest BCUT2D eigenvalue weighted by molar-refractivity contribution is 4.84. The van der Waals surface area contributed by atoms with Crippen molar-refractivity contribution < 1.29 is 10.2 Å². The minimum absolute atomic E-state index is 0.347. The molecule has 0 atom stereocenters. The van der Waals surface area contributed by atoms with E-state index in [9.17, 15) is 10.2 Å². The summed E-state index contributed by atoms with van der Waals surface area (Å²) in [6, 6.07) is 0. The molecule has 0 aliphatic heterocycles. The molecule has 0 aromatic heterocycles. The minimum atomic E-state index is -1.12. The van der Waals surface area contributed by atoms with Crippen molar-refractivity contribution in [3.05, 3.63) is 0 Å². The Bertz CT molecular complexity index is 91.4. The van der Waals surface area contributed by atoms with Gasteiger partial charge in [-0.05, 0) is 27.7 Å². The van der Waals surface area contributed by atoms with Gasteiger partial charge in [0.2, 0.25) is 0 Å². The van der Waals surface area contributed by atoms with Crippen LogP contribution in [0.1, 0.15) is 34.6 Å². The molecule has 0 spiro atoms. The summed E-state index contributed by atoms with van der Waals surface area (Å²) in [7, 11) is 0. The molecule has 0 aromatic rings. The predicted molar refractivity (Wildman–Crippen MR) is 38.7 cm³/mol. The number of rotatable bonds is 2. The smallest absolute Gasteiger partial charge is 0.103 e. The quantitative estimate of drug-likeness (QED) is 0.569. The average Bonchev–Trinajstić information content (AvgIpc) is 1.59. The molecule has 0 fully saturated rings. The highest BCUT2D eigenvalue weighted by Gasteiger charge is 2.37. The van der Waals surface area contributed by atoms with Gasteiger partial charge in [-0.2, -0.15) is 0 Å². The van der Waals surface area contributed by atoms with E-state index in [4.69, 9.17) is 0 Å². The fourth-order valence-electron chi connectivity index (χ4n) is 0.837. The van der Waals surface area contributed by atoms with Gasteiger partial charge in [0.15, 0.2) is 0 Å². The monoisotopic (exact) mass is 144 g/mol. The van der Waals surface area contributed by atoms with Gasteiger partial charge in [0.25, 0.3) is 0 Å². The van der Waals surface area contributed by atoms with E-state index in [0.29, 0.717) is 0 Å². The van der Waals surface area contributed by atoms with Crippen LogP contribution in [0.4, 0.5) is 0 Å².